The molecule has 0 saturated carbocycles. The van der Waals surface area contributed by atoms with E-state index in [0.29, 0.717) is 18.3 Å². The molecule has 0 radical (unpaired) electrons. The molecule has 6 nitrogen and oxygen atoms in total. The highest BCUT2D eigenvalue weighted by Crippen LogP contribution is 2.27. The van der Waals surface area contributed by atoms with E-state index in [1.54, 1.807) is 17.5 Å². The molecule has 0 amide bonds. The number of aliphatic imine (C=N–C) groups is 1. The zero-order valence-electron chi connectivity index (χ0n) is 17.7. The number of benzene rings is 1. The van der Waals surface area contributed by atoms with Gasteiger partial charge in [0.2, 0.25) is 5.95 Å². The van der Waals surface area contributed by atoms with Gasteiger partial charge in [0.15, 0.2) is 0 Å². The van der Waals surface area contributed by atoms with Gasteiger partial charge in [-0.1, -0.05) is 32.9 Å². The second-order valence-corrected chi connectivity index (χ2v) is 8.95. The number of aromatic nitrogens is 3. The van der Waals surface area contributed by atoms with E-state index in [-0.39, 0.29) is 5.41 Å². The number of thiazole rings is 1. The normalized spacial score (nSPS) is 12.2. The number of nitrogens with one attached hydrogen (secondary N) is 1. The molecule has 0 aliphatic heterocycles. The molecule has 3 aromatic rings. The van der Waals surface area contributed by atoms with Crippen LogP contribution >= 0.6 is 11.3 Å². The molecule has 3 rings (SSSR count). The predicted molar refractivity (Wildman–Crippen MR) is 122 cm³/mol. The molecule has 0 spiro atoms. The van der Waals surface area contributed by atoms with Gasteiger partial charge in [0, 0.05) is 29.9 Å². The van der Waals surface area contributed by atoms with Crippen molar-refractivity contribution in [3.05, 3.63) is 57.7 Å². The third kappa shape index (κ3) is 5.17. The Morgan fingerprint density at radius 1 is 1.21 bits per heavy atom. The SMILES string of the molecule is CCNc1nccc(-c2ccc(CN=C(N)c3cnc(C(C)(C)C)s3)c(C)c2)n1. The van der Waals surface area contributed by atoms with Crippen molar-refractivity contribution in [1.82, 2.24) is 15.0 Å². The minimum atomic E-state index is 0.0170. The van der Waals surface area contributed by atoms with Gasteiger partial charge in [-0.15, -0.1) is 11.3 Å². The largest absolute Gasteiger partial charge is 0.383 e. The van der Waals surface area contributed by atoms with Crippen molar-refractivity contribution < 1.29 is 0 Å². The Morgan fingerprint density at radius 2 is 2.00 bits per heavy atom. The van der Waals surface area contributed by atoms with Gasteiger partial charge >= 0.3 is 0 Å². The van der Waals surface area contributed by atoms with Crippen LogP contribution in [0.3, 0.4) is 0 Å². The average molecular weight is 409 g/mol. The summed E-state index contributed by atoms with van der Waals surface area (Å²) in [5.41, 5.74) is 10.5. The standard InChI is InChI=1S/C22H28N6S/c1-6-24-21-25-10-9-17(28-21)15-7-8-16(14(2)11-15)12-26-19(23)18-13-27-20(29-18)22(3,4)5/h7-11,13H,6,12H2,1-5H3,(H2,23,26)(H,24,25,28). The Balaban J connectivity index is 1.76. The Hall–Kier alpha value is -2.80. The fourth-order valence-electron chi connectivity index (χ4n) is 2.78. The summed E-state index contributed by atoms with van der Waals surface area (Å²) in [6.45, 7) is 11.9. The fraction of sp³-hybridized carbons (Fsp3) is 0.364. The first-order chi connectivity index (χ1) is 13.8. The second kappa shape index (κ2) is 8.69. The van der Waals surface area contributed by atoms with Gasteiger partial charge in [0.1, 0.15) is 5.84 Å². The molecule has 29 heavy (non-hydrogen) atoms. The highest BCUT2D eigenvalue weighted by atomic mass is 32.1. The van der Waals surface area contributed by atoms with Crippen molar-refractivity contribution in [3.8, 4) is 11.3 Å². The van der Waals surface area contributed by atoms with Crippen molar-refractivity contribution in [3.63, 3.8) is 0 Å². The Morgan fingerprint density at radius 3 is 2.66 bits per heavy atom. The van der Waals surface area contributed by atoms with Crippen LogP contribution in [0.25, 0.3) is 11.3 Å². The molecule has 1 aromatic carbocycles. The van der Waals surface area contributed by atoms with Crippen LogP contribution in [0, 0.1) is 6.92 Å². The Bertz CT molecular complexity index is 1020. The maximum absolute atomic E-state index is 6.21. The monoisotopic (exact) mass is 408 g/mol. The van der Waals surface area contributed by atoms with Crippen LogP contribution in [-0.2, 0) is 12.0 Å². The molecular formula is C22H28N6S. The number of anilines is 1. The average Bonchev–Trinajstić information content (AvgIpc) is 3.18. The Labute approximate surface area is 176 Å². The van der Waals surface area contributed by atoms with E-state index < -0.39 is 0 Å². The van der Waals surface area contributed by atoms with Crippen LogP contribution < -0.4 is 11.1 Å². The van der Waals surface area contributed by atoms with Crippen LogP contribution in [0.15, 0.2) is 41.7 Å². The van der Waals surface area contributed by atoms with Crippen LogP contribution in [0.5, 0.6) is 0 Å². The minimum absolute atomic E-state index is 0.0170. The number of nitrogens with two attached hydrogens (primary N) is 1. The van der Waals surface area contributed by atoms with Gasteiger partial charge in [0.25, 0.3) is 0 Å². The third-order valence-corrected chi connectivity index (χ3v) is 5.89. The van der Waals surface area contributed by atoms with E-state index in [0.717, 1.165) is 38.8 Å². The number of hydrogen-bond acceptors (Lipinski definition) is 6. The lowest BCUT2D eigenvalue weighted by atomic mass is 9.98. The Kier molecular flexibility index (Phi) is 6.27. The summed E-state index contributed by atoms with van der Waals surface area (Å²) in [4.78, 5) is 18.8. The summed E-state index contributed by atoms with van der Waals surface area (Å²) in [6.07, 6.45) is 3.59. The molecule has 2 heterocycles. The minimum Gasteiger partial charge on any atom is -0.383 e. The van der Waals surface area contributed by atoms with E-state index in [9.17, 15) is 0 Å². The number of rotatable bonds is 6. The zero-order chi connectivity index (χ0) is 21.0. The molecule has 0 bridgehead atoms. The van der Waals surface area contributed by atoms with Gasteiger partial charge in [-0.2, -0.15) is 0 Å². The first-order valence-corrected chi connectivity index (χ1v) is 10.5. The molecule has 0 saturated heterocycles. The summed E-state index contributed by atoms with van der Waals surface area (Å²) >= 11 is 1.61. The summed E-state index contributed by atoms with van der Waals surface area (Å²) in [5.74, 6) is 1.18. The van der Waals surface area contributed by atoms with Gasteiger partial charge in [0.05, 0.1) is 22.1 Å². The predicted octanol–water partition coefficient (Wildman–Crippen LogP) is 4.54. The molecular weight excluding hydrogens is 380 g/mol. The van der Waals surface area contributed by atoms with Gasteiger partial charge in [-0.05, 0) is 37.1 Å². The van der Waals surface area contributed by atoms with Gasteiger partial charge in [-0.3, -0.25) is 4.99 Å². The van der Waals surface area contributed by atoms with Crippen molar-refractivity contribution in [2.24, 2.45) is 10.7 Å². The molecule has 0 aliphatic carbocycles. The molecule has 0 aliphatic rings. The molecule has 0 unspecified atom stereocenters. The zero-order valence-corrected chi connectivity index (χ0v) is 18.5. The maximum Gasteiger partial charge on any atom is 0.223 e. The smallest absolute Gasteiger partial charge is 0.223 e. The van der Waals surface area contributed by atoms with Gasteiger partial charge in [-0.25, -0.2) is 15.0 Å². The second-order valence-electron chi connectivity index (χ2n) is 7.92. The van der Waals surface area contributed by atoms with Crippen molar-refractivity contribution >= 4 is 23.1 Å². The lowest BCUT2D eigenvalue weighted by molar-refractivity contribution is 0.585. The molecule has 152 valence electrons. The first kappa shape index (κ1) is 20.9. The molecule has 3 N–H and O–H groups in total. The maximum atomic E-state index is 6.21. The lowest BCUT2D eigenvalue weighted by Gasteiger charge is -2.13. The van der Waals surface area contributed by atoms with E-state index >= 15 is 0 Å². The van der Waals surface area contributed by atoms with E-state index in [2.05, 4.69) is 71.2 Å². The van der Waals surface area contributed by atoms with Crippen LogP contribution in [0.2, 0.25) is 0 Å². The summed E-state index contributed by atoms with van der Waals surface area (Å²) in [5, 5.41) is 4.21. The summed E-state index contributed by atoms with van der Waals surface area (Å²) < 4.78 is 0. The van der Waals surface area contributed by atoms with E-state index in [4.69, 9.17) is 5.73 Å². The van der Waals surface area contributed by atoms with Crippen LogP contribution in [-0.4, -0.2) is 27.3 Å². The molecule has 0 fully saturated rings. The molecule has 2 aromatic heterocycles. The van der Waals surface area contributed by atoms with E-state index in [1.165, 1.54) is 0 Å². The number of amidine groups is 1. The quantitative estimate of drug-likeness (QED) is 0.462. The third-order valence-electron chi connectivity index (χ3n) is 4.45. The number of hydrogen-bond donors (Lipinski definition) is 2. The summed E-state index contributed by atoms with van der Waals surface area (Å²) in [6, 6.07) is 8.20. The van der Waals surface area contributed by atoms with Crippen molar-refractivity contribution in [2.45, 2.75) is 46.6 Å². The van der Waals surface area contributed by atoms with Crippen molar-refractivity contribution in [2.75, 3.05) is 11.9 Å². The van der Waals surface area contributed by atoms with Gasteiger partial charge < -0.3 is 11.1 Å². The fourth-order valence-corrected chi connectivity index (χ4v) is 3.68. The van der Waals surface area contributed by atoms with Crippen LogP contribution in [0.4, 0.5) is 5.95 Å². The highest BCUT2D eigenvalue weighted by Gasteiger charge is 2.18. The highest BCUT2D eigenvalue weighted by molar-refractivity contribution is 7.13. The van der Waals surface area contributed by atoms with Crippen molar-refractivity contribution in [1.29, 1.82) is 0 Å². The number of nitrogens with zero attached hydrogens (tertiary/aromatic N) is 4. The molecule has 0 atom stereocenters. The number of aryl methyl sites for hydroxylation is 1. The molecule has 7 heteroatoms. The van der Waals surface area contributed by atoms with E-state index in [1.807, 2.05) is 19.2 Å². The topological polar surface area (TPSA) is 89.1 Å². The first-order valence-electron chi connectivity index (χ1n) is 9.71. The lowest BCUT2D eigenvalue weighted by Crippen LogP contribution is -2.12. The summed E-state index contributed by atoms with van der Waals surface area (Å²) in [7, 11) is 0. The van der Waals surface area contributed by atoms with Crippen LogP contribution in [0.1, 0.15) is 48.7 Å².